The number of hydrogen-bond acceptors (Lipinski definition) is 3. The summed E-state index contributed by atoms with van der Waals surface area (Å²) in [6.07, 6.45) is -0.207. The van der Waals surface area contributed by atoms with Gasteiger partial charge in [-0.15, -0.1) is 0 Å². The van der Waals surface area contributed by atoms with Crippen LogP contribution in [0, 0.1) is 0 Å². The van der Waals surface area contributed by atoms with E-state index in [4.69, 9.17) is 22.9 Å². The van der Waals surface area contributed by atoms with Crippen LogP contribution in [-0.4, -0.2) is 33.3 Å². The van der Waals surface area contributed by atoms with Gasteiger partial charge in [-0.1, -0.05) is 5.11 Å². The second-order valence-corrected chi connectivity index (χ2v) is 2.28. The van der Waals surface area contributed by atoms with Crippen LogP contribution in [0.4, 0.5) is 0 Å². The Morgan fingerprint density at radius 2 is 2.55 bits per heavy atom. The highest BCUT2D eigenvalue weighted by atomic mass is 16.6. The van der Waals surface area contributed by atoms with E-state index >= 15 is 0 Å². The lowest BCUT2D eigenvalue weighted by atomic mass is 9.96. The summed E-state index contributed by atoms with van der Waals surface area (Å²) < 4.78 is 10.0. The molecule has 0 aliphatic carbocycles. The molecule has 58 valence electrons. The Balaban J connectivity index is 2.56. The molecule has 3 atom stereocenters. The molecule has 1 heterocycles. The molecule has 0 aromatic rings. The van der Waals surface area contributed by atoms with E-state index in [2.05, 4.69) is 10.0 Å². The molecule has 6 heteroatoms. The van der Waals surface area contributed by atoms with Crippen LogP contribution in [0.1, 0.15) is 6.42 Å². The van der Waals surface area contributed by atoms with Gasteiger partial charge in [0.25, 0.3) is 0 Å². The second-order valence-electron chi connectivity index (χ2n) is 2.28. The van der Waals surface area contributed by atoms with Gasteiger partial charge in [0, 0.05) is 18.0 Å². The van der Waals surface area contributed by atoms with Gasteiger partial charge < -0.3 is 9.47 Å². The summed E-state index contributed by atoms with van der Waals surface area (Å²) in [6.45, 7) is 0. The van der Waals surface area contributed by atoms with Crippen LogP contribution in [0.5, 0.6) is 0 Å². The summed E-state index contributed by atoms with van der Waals surface area (Å²) in [5, 5.41) is 3.38. The van der Waals surface area contributed by atoms with Crippen molar-refractivity contribution in [3.8, 4) is 0 Å². The predicted molar refractivity (Wildman–Crippen MR) is 39.0 cm³/mol. The molecule has 0 amide bonds. The lowest BCUT2D eigenvalue weighted by Gasteiger charge is -2.10. The smallest absolute Gasteiger partial charge is 0.161 e. The number of rotatable bonds is 2. The Kier molecular flexibility index (Phi) is 2.76. The topological polar surface area (TPSA) is 67.2 Å². The number of azide groups is 1. The highest BCUT2D eigenvalue weighted by molar-refractivity contribution is 6.11. The summed E-state index contributed by atoms with van der Waals surface area (Å²) in [7, 11) is 6.97. The summed E-state index contributed by atoms with van der Waals surface area (Å²) in [5.41, 5.74) is 8.11. The van der Waals surface area contributed by atoms with Crippen LogP contribution in [0.25, 0.3) is 10.4 Å². The van der Waals surface area contributed by atoms with Crippen molar-refractivity contribution in [1.82, 2.24) is 0 Å². The minimum atomic E-state index is -0.569. The molecule has 2 radical (unpaired) electrons. The molecule has 5 nitrogen and oxygen atoms in total. The first-order chi connectivity index (χ1) is 5.27. The Morgan fingerprint density at radius 1 is 1.82 bits per heavy atom. The third kappa shape index (κ3) is 1.86. The number of ether oxygens (including phenoxy) is 2. The normalized spacial score (nSPS) is 36.6. The fourth-order valence-electron chi connectivity index (χ4n) is 1.03. The van der Waals surface area contributed by atoms with Gasteiger partial charge in [0.2, 0.25) is 0 Å². The van der Waals surface area contributed by atoms with Gasteiger partial charge in [-0.25, -0.2) is 0 Å². The summed E-state index contributed by atoms with van der Waals surface area (Å²) >= 11 is 0. The zero-order valence-corrected chi connectivity index (χ0v) is 6.17. The van der Waals surface area contributed by atoms with Crippen LogP contribution >= 0.6 is 0 Å². The van der Waals surface area contributed by atoms with Gasteiger partial charge in [0.05, 0.1) is 6.10 Å². The monoisotopic (exact) mass is 153 g/mol. The fraction of sp³-hybridized carbons (Fsp3) is 1.00. The minimum Gasteiger partial charge on any atom is -0.379 e. The Hall–Kier alpha value is -0.705. The van der Waals surface area contributed by atoms with Crippen molar-refractivity contribution in [2.75, 3.05) is 7.11 Å². The molecule has 1 aliphatic rings. The van der Waals surface area contributed by atoms with Crippen LogP contribution in [0.15, 0.2) is 5.11 Å². The van der Waals surface area contributed by atoms with Gasteiger partial charge in [-0.05, 0) is 12.0 Å². The molecule has 0 aromatic carbocycles. The van der Waals surface area contributed by atoms with Crippen molar-refractivity contribution >= 4 is 7.85 Å². The van der Waals surface area contributed by atoms with E-state index in [1.165, 1.54) is 7.11 Å². The zero-order chi connectivity index (χ0) is 8.27. The second kappa shape index (κ2) is 3.62. The molecule has 1 rings (SSSR count). The maximum absolute atomic E-state index is 8.11. The van der Waals surface area contributed by atoms with E-state index in [0.29, 0.717) is 6.42 Å². The summed E-state index contributed by atoms with van der Waals surface area (Å²) in [4.78, 5) is 2.61. The Labute approximate surface area is 65.7 Å². The molecule has 0 bridgehead atoms. The number of hydrogen-bond donors (Lipinski definition) is 0. The van der Waals surface area contributed by atoms with Crippen LogP contribution < -0.4 is 0 Å². The highest BCUT2D eigenvalue weighted by Gasteiger charge is 2.31. The summed E-state index contributed by atoms with van der Waals surface area (Å²) in [5.74, 6) is 0. The largest absolute Gasteiger partial charge is 0.379 e. The van der Waals surface area contributed by atoms with Gasteiger partial charge in [-0.2, -0.15) is 0 Å². The average Bonchev–Trinajstić information content (AvgIpc) is 2.32. The molecule has 1 fully saturated rings. The van der Waals surface area contributed by atoms with Crippen molar-refractivity contribution < 1.29 is 9.47 Å². The summed E-state index contributed by atoms with van der Waals surface area (Å²) in [6, 6.07) is -0.379. The van der Waals surface area contributed by atoms with Crippen LogP contribution in [0.2, 0.25) is 0 Å². The van der Waals surface area contributed by atoms with Gasteiger partial charge in [0.1, 0.15) is 7.85 Å². The Bertz CT molecular complexity index is 183. The molecule has 1 saturated heterocycles. The quantitative estimate of drug-likeness (QED) is 0.251. The van der Waals surface area contributed by atoms with Gasteiger partial charge in [-0.3, -0.25) is 0 Å². The van der Waals surface area contributed by atoms with E-state index in [0.717, 1.165) is 0 Å². The number of methoxy groups -OCH3 is 1. The van der Waals surface area contributed by atoms with Crippen LogP contribution in [0.3, 0.4) is 0 Å². The third-order valence-corrected chi connectivity index (χ3v) is 1.57. The maximum atomic E-state index is 8.11. The fourth-order valence-corrected chi connectivity index (χ4v) is 1.03. The van der Waals surface area contributed by atoms with Gasteiger partial charge >= 0.3 is 0 Å². The maximum Gasteiger partial charge on any atom is 0.161 e. The van der Waals surface area contributed by atoms with Crippen molar-refractivity contribution in [3.63, 3.8) is 0 Å². The van der Waals surface area contributed by atoms with Crippen molar-refractivity contribution in [2.24, 2.45) is 5.11 Å². The number of nitrogens with zero attached hydrogens (tertiary/aromatic N) is 3. The van der Waals surface area contributed by atoms with E-state index in [9.17, 15) is 0 Å². The van der Waals surface area contributed by atoms with E-state index in [1.54, 1.807) is 0 Å². The lowest BCUT2D eigenvalue weighted by Crippen LogP contribution is -2.19. The molecule has 0 spiro atoms. The third-order valence-electron chi connectivity index (χ3n) is 1.57. The molecule has 11 heavy (non-hydrogen) atoms. The van der Waals surface area contributed by atoms with Gasteiger partial charge in [0.15, 0.2) is 6.23 Å². The molecule has 0 aromatic heterocycles. The van der Waals surface area contributed by atoms with Crippen molar-refractivity contribution in [1.29, 1.82) is 0 Å². The van der Waals surface area contributed by atoms with E-state index in [-0.39, 0.29) is 12.1 Å². The first-order valence-electron chi connectivity index (χ1n) is 3.26. The SMILES string of the molecule is [B][C@H]1C[C@@H](OC)[C@@H](N=[N+]=[N-])O1. The standard InChI is InChI=1S/C5H8BN3O2/c1-10-3-2-4(6)11-5(3)8-9-7/h3-5H,2H2,1H3/t3-,4-,5+/m1/s1. The molecule has 0 saturated carbocycles. The molecular formula is C5H8BN3O2. The average molecular weight is 153 g/mol. The minimum absolute atomic E-state index is 0.208. The zero-order valence-electron chi connectivity index (χ0n) is 6.17. The molecule has 0 unspecified atom stereocenters. The Morgan fingerprint density at radius 3 is 3.09 bits per heavy atom. The van der Waals surface area contributed by atoms with Crippen molar-refractivity contribution in [3.05, 3.63) is 10.4 Å². The van der Waals surface area contributed by atoms with E-state index < -0.39 is 6.23 Å². The molecular weight excluding hydrogens is 145 g/mol. The van der Waals surface area contributed by atoms with Crippen LogP contribution in [-0.2, 0) is 9.47 Å². The predicted octanol–water partition coefficient (Wildman–Crippen LogP) is 0.553. The first kappa shape index (κ1) is 8.39. The molecule has 1 aliphatic heterocycles. The van der Waals surface area contributed by atoms with Crippen molar-refractivity contribution in [2.45, 2.75) is 24.8 Å². The molecule has 0 N–H and O–H groups in total. The highest BCUT2D eigenvalue weighted by Crippen LogP contribution is 2.21. The van der Waals surface area contributed by atoms with E-state index in [1.807, 2.05) is 0 Å². The lowest BCUT2D eigenvalue weighted by molar-refractivity contribution is 0.0143. The first-order valence-corrected chi connectivity index (χ1v) is 3.26.